The maximum atomic E-state index is 12.6. The van der Waals surface area contributed by atoms with Crippen molar-refractivity contribution < 1.29 is 9.53 Å². The number of nitrogens with one attached hydrogen (secondary N) is 1. The van der Waals surface area contributed by atoms with E-state index in [1.165, 1.54) is 17.5 Å². The molecule has 130 valence electrons. The number of benzene rings is 1. The zero-order valence-corrected chi connectivity index (χ0v) is 14.8. The molecule has 2 saturated heterocycles. The number of aryl methyl sites for hydroxylation is 1. The number of carbonyl (C=O) groups is 1. The number of rotatable bonds is 3. The number of nitrogens with zero attached hydrogens (tertiary/aromatic N) is 1. The number of likely N-dealkylation sites (tertiary alicyclic amines) is 1. The second-order valence-corrected chi connectivity index (χ2v) is 8.13. The minimum atomic E-state index is 0.112. The molecule has 2 amide bonds. The molecule has 1 aromatic rings. The van der Waals surface area contributed by atoms with Crippen LogP contribution in [-0.2, 0) is 4.74 Å². The van der Waals surface area contributed by atoms with E-state index in [9.17, 15) is 4.79 Å². The van der Waals surface area contributed by atoms with Gasteiger partial charge < -0.3 is 15.0 Å². The van der Waals surface area contributed by atoms with Crippen molar-refractivity contribution >= 4 is 6.03 Å². The van der Waals surface area contributed by atoms with Gasteiger partial charge in [-0.2, -0.15) is 0 Å². The van der Waals surface area contributed by atoms with Crippen LogP contribution in [0.2, 0.25) is 0 Å². The lowest BCUT2D eigenvalue weighted by Gasteiger charge is -2.24. The maximum Gasteiger partial charge on any atom is 0.317 e. The summed E-state index contributed by atoms with van der Waals surface area (Å²) in [7, 11) is 0. The number of ether oxygens (including phenoxy) is 1. The summed E-state index contributed by atoms with van der Waals surface area (Å²) >= 11 is 0. The van der Waals surface area contributed by atoms with E-state index in [0.29, 0.717) is 11.8 Å². The lowest BCUT2D eigenvalue weighted by atomic mass is 9.87. The number of amides is 2. The summed E-state index contributed by atoms with van der Waals surface area (Å²) in [4.78, 5) is 14.6. The summed E-state index contributed by atoms with van der Waals surface area (Å²) in [6.45, 7) is 7.70. The lowest BCUT2D eigenvalue weighted by Crippen LogP contribution is -2.44. The Morgan fingerprint density at radius 2 is 2.29 bits per heavy atom. The van der Waals surface area contributed by atoms with Gasteiger partial charge in [0.25, 0.3) is 0 Å². The van der Waals surface area contributed by atoms with Crippen molar-refractivity contribution in [2.45, 2.75) is 45.1 Å². The standard InChI is InChI=1S/C20H28N2O2/c1-14-4-3-5-16(10-14)18-11-17(18)15(2)21-19(23)22-8-6-20(12-22)7-9-24-13-20/h3-5,10,15,17-18H,6-9,11-13H2,1-2H3,(H,21,23)/t15-,17-,18+,20-/m1/s1. The Labute approximate surface area is 144 Å². The van der Waals surface area contributed by atoms with Crippen molar-refractivity contribution in [3.05, 3.63) is 35.4 Å². The summed E-state index contributed by atoms with van der Waals surface area (Å²) in [5.41, 5.74) is 2.98. The molecule has 24 heavy (non-hydrogen) atoms. The Kier molecular flexibility index (Phi) is 4.03. The Balaban J connectivity index is 1.31. The first kappa shape index (κ1) is 15.9. The third kappa shape index (κ3) is 3.04. The third-order valence-corrected chi connectivity index (χ3v) is 6.21. The zero-order valence-electron chi connectivity index (χ0n) is 14.8. The molecule has 0 radical (unpaired) electrons. The van der Waals surface area contributed by atoms with Crippen LogP contribution in [-0.4, -0.2) is 43.3 Å². The Bertz CT molecular complexity index is 624. The van der Waals surface area contributed by atoms with Gasteiger partial charge in [0.05, 0.1) is 6.61 Å². The Hall–Kier alpha value is -1.55. The molecule has 1 aliphatic carbocycles. The van der Waals surface area contributed by atoms with Crippen LogP contribution in [0.25, 0.3) is 0 Å². The van der Waals surface area contributed by atoms with E-state index in [0.717, 1.165) is 39.1 Å². The summed E-state index contributed by atoms with van der Waals surface area (Å²) in [5.74, 6) is 1.18. The van der Waals surface area contributed by atoms with Gasteiger partial charge in [-0.15, -0.1) is 0 Å². The van der Waals surface area contributed by atoms with Crippen molar-refractivity contribution in [3.8, 4) is 0 Å². The predicted molar refractivity (Wildman–Crippen MR) is 94.1 cm³/mol. The number of hydrogen-bond donors (Lipinski definition) is 1. The van der Waals surface area contributed by atoms with Crippen molar-refractivity contribution in [2.75, 3.05) is 26.3 Å². The minimum Gasteiger partial charge on any atom is -0.381 e. The molecule has 1 saturated carbocycles. The first-order chi connectivity index (χ1) is 11.6. The second-order valence-electron chi connectivity index (χ2n) is 8.13. The quantitative estimate of drug-likeness (QED) is 0.925. The average molecular weight is 328 g/mol. The van der Waals surface area contributed by atoms with Crippen LogP contribution < -0.4 is 5.32 Å². The van der Waals surface area contributed by atoms with Gasteiger partial charge in [-0.25, -0.2) is 4.79 Å². The Morgan fingerprint density at radius 1 is 1.42 bits per heavy atom. The van der Waals surface area contributed by atoms with E-state index in [1.807, 2.05) is 4.90 Å². The van der Waals surface area contributed by atoms with Gasteiger partial charge >= 0.3 is 6.03 Å². The fourth-order valence-corrected chi connectivity index (χ4v) is 4.52. The number of carbonyl (C=O) groups excluding carboxylic acids is 1. The van der Waals surface area contributed by atoms with E-state index in [-0.39, 0.29) is 17.5 Å². The van der Waals surface area contributed by atoms with E-state index >= 15 is 0 Å². The molecule has 4 heteroatoms. The molecule has 4 rings (SSSR count). The molecular formula is C20H28N2O2. The van der Waals surface area contributed by atoms with E-state index in [4.69, 9.17) is 4.74 Å². The van der Waals surface area contributed by atoms with Crippen molar-refractivity contribution in [1.29, 1.82) is 0 Å². The fourth-order valence-electron chi connectivity index (χ4n) is 4.52. The van der Waals surface area contributed by atoms with Gasteiger partial charge in [0.1, 0.15) is 0 Å². The van der Waals surface area contributed by atoms with Crippen molar-refractivity contribution in [3.63, 3.8) is 0 Å². The number of hydrogen-bond acceptors (Lipinski definition) is 2. The number of urea groups is 1. The van der Waals surface area contributed by atoms with E-state index in [1.54, 1.807) is 0 Å². The maximum absolute atomic E-state index is 12.6. The first-order valence-corrected chi connectivity index (χ1v) is 9.26. The molecule has 4 atom stereocenters. The summed E-state index contributed by atoms with van der Waals surface area (Å²) in [5, 5.41) is 3.25. The van der Waals surface area contributed by atoms with Crippen LogP contribution in [0.5, 0.6) is 0 Å². The molecule has 0 unspecified atom stereocenters. The average Bonchev–Trinajstić information content (AvgIpc) is 3.07. The molecule has 3 fully saturated rings. The molecular weight excluding hydrogens is 300 g/mol. The van der Waals surface area contributed by atoms with Gasteiger partial charge in [0, 0.05) is 31.2 Å². The third-order valence-electron chi connectivity index (χ3n) is 6.21. The van der Waals surface area contributed by atoms with Gasteiger partial charge in [-0.1, -0.05) is 29.8 Å². The first-order valence-electron chi connectivity index (χ1n) is 9.26. The van der Waals surface area contributed by atoms with Crippen LogP contribution in [0.3, 0.4) is 0 Å². The van der Waals surface area contributed by atoms with Crippen molar-refractivity contribution in [2.24, 2.45) is 11.3 Å². The SMILES string of the molecule is Cc1cccc([C@@H]2C[C@@H]2[C@@H](C)NC(=O)N2CC[C@@]3(CCOC3)C2)c1. The predicted octanol–water partition coefficient (Wildman–Crippen LogP) is 3.31. The lowest BCUT2D eigenvalue weighted by molar-refractivity contribution is 0.152. The van der Waals surface area contributed by atoms with E-state index in [2.05, 4.69) is 43.4 Å². The molecule has 0 aromatic heterocycles. The summed E-state index contributed by atoms with van der Waals surface area (Å²) in [6.07, 6.45) is 3.37. The van der Waals surface area contributed by atoms with Gasteiger partial charge in [-0.3, -0.25) is 0 Å². The van der Waals surface area contributed by atoms with Crippen LogP contribution in [0.15, 0.2) is 24.3 Å². The molecule has 1 spiro atoms. The molecule has 2 heterocycles. The fraction of sp³-hybridized carbons (Fsp3) is 0.650. The van der Waals surface area contributed by atoms with E-state index < -0.39 is 0 Å². The summed E-state index contributed by atoms with van der Waals surface area (Å²) in [6, 6.07) is 9.12. The summed E-state index contributed by atoms with van der Waals surface area (Å²) < 4.78 is 5.55. The van der Waals surface area contributed by atoms with Gasteiger partial charge in [-0.05, 0) is 50.5 Å². The molecule has 1 N–H and O–H groups in total. The zero-order chi connectivity index (χ0) is 16.7. The molecule has 0 bridgehead atoms. The van der Waals surface area contributed by atoms with Crippen LogP contribution in [0.4, 0.5) is 4.79 Å². The topological polar surface area (TPSA) is 41.6 Å². The largest absolute Gasteiger partial charge is 0.381 e. The highest BCUT2D eigenvalue weighted by molar-refractivity contribution is 5.75. The molecule has 1 aromatic carbocycles. The Morgan fingerprint density at radius 3 is 3.04 bits per heavy atom. The monoisotopic (exact) mass is 328 g/mol. The second kappa shape index (κ2) is 6.07. The smallest absolute Gasteiger partial charge is 0.317 e. The van der Waals surface area contributed by atoms with Crippen LogP contribution in [0.1, 0.15) is 43.2 Å². The van der Waals surface area contributed by atoms with Crippen LogP contribution in [0, 0.1) is 18.3 Å². The van der Waals surface area contributed by atoms with Crippen molar-refractivity contribution in [1.82, 2.24) is 10.2 Å². The highest BCUT2D eigenvalue weighted by Gasteiger charge is 2.45. The molecule has 3 aliphatic rings. The van der Waals surface area contributed by atoms with Gasteiger partial charge in [0.15, 0.2) is 0 Å². The molecule has 2 aliphatic heterocycles. The highest BCUT2D eigenvalue weighted by Crippen LogP contribution is 2.49. The normalized spacial score (nSPS) is 33.0. The highest BCUT2D eigenvalue weighted by atomic mass is 16.5. The molecule has 4 nitrogen and oxygen atoms in total. The minimum absolute atomic E-state index is 0.112. The van der Waals surface area contributed by atoms with Crippen LogP contribution >= 0.6 is 0 Å². The van der Waals surface area contributed by atoms with Gasteiger partial charge in [0.2, 0.25) is 0 Å².